The Labute approximate surface area is 237 Å². The Hall–Kier alpha value is -4.25. The van der Waals surface area contributed by atoms with Crippen molar-refractivity contribution >= 4 is 45.7 Å². The van der Waals surface area contributed by atoms with Gasteiger partial charge < -0.3 is 24.1 Å². The van der Waals surface area contributed by atoms with Gasteiger partial charge in [-0.3, -0.25) is 9.69 Å². The number of hydrogen-bond donors (Lipinski definition) is 1. The van der Waals surface area contributed by atoms with Crippen molar-refractivity contribution in [3.8, 4) is 11.4 Å². The van der Waals surface area contributed by atoms with E-state index >= 15 is 0 Å². The first-order valence-electron chi connectivity index (χ1n) is 14.3. The van der Waals surface area contributed by atoms with Gasteiger partial charge in [-0.25, -0.2) is 19.7 Å². The largest absolute Gasteiger partial charge is 0.449 e. The zero-order valence-electron chi connectivity index (χ0n) is 23.2. The van der Waals surface area contributed by atoms with Gasteiger partial charge in [-0.1, -0.05) is 25.5 Å². The summed E-state index contributed by atoms with van der Waals surface area (Å²) in [5.41, 5.74) is 3.14. The Balaban J connectivity index is 1.29. The second-order valence-electron chi connectivity index (χ2n) is 10.3. The van der Waals surface area contributed by atoms with Gasteiger partial charge in [0.05, 0.1) is 25.2 Å². The molecule has 4 aromatic rings. The summed E-state index contributed by atoms with van der Waals surface area (Å²) in [6.45, 7) is 5.49. The van der Waals surface area contributed by atoms with Gasteiger partial charge >= 0.3 is 6.09 Å². The monoisotopic (exact) mass is 558 g/mol. The molecule has 0 spiro atoms. The van der Waals surface area contributed by atoms with Gasteiger partial charge in [0.2, 0.25) is 11.6 Å². The van der Waals surface area contributed by atoms with Gasteiger partial charge in [0.1, 0.15) is 11.6 Å². The number of aromatic nitrogens is 3. The molecule has 11 nitrogen and oxygen atoms in total. The van der Waals surface area contributed by atoms with E-state index in [0.29, 0.717) is 80.0 Å². The number of nitrogens with zero attached hydrogens (tertiary/aromatic N) is 5. The quantitative estimate of drug-likeness (QED) is 0.312. The fourth-order valence-electron chi connectivity index (χ4n) is 5.35. The number of benzene rings is 1. The normalized spacial score (nSPS) is 17.6. The van der Waals surface area contributed by atoms with E-state index in [1.54, 1.807) is 11.1 Å². The number of nitrogens with one attached hydrogen (secondary N) is 1. The molecule has 0 saturated carbocycles. The zero-order valence-corrected chi connectivity index (χ0v) is 23.2. The molecule has 2 fully saturated rings. The topological polar surface area (TPSA) is 123 Å². The van der Waals surface area contributed by atoms with E-state index in [0.717, 1.165) is 36.6 Å². The lowest BCUT2D eigenvalue weighted by atomic mass is 10.0. The summed E-state index contributed by atoms with van der Waals surface area (Å²) in [4.78, 5) is 44.0. The summed E-state index contributed by atoms with van der Waals surface area (Å²) < 4.78 is 17.1. The van der Waals surface area contributed by atoms with E-state index in [1.807, 2.05) is 43.3 Å². The number of amides is 2. The van der Waals surface area contributed by atoms with E-state index in [4.69, 9.17) is 23.9 Å². The Morgan fingerprint density at radius 2 is 1.98 bits per heavy atom. The fraction of sp³-hybridized carbons (Fsp3) is 0.433. The van der Waals surface area contributed by atoms with Crippen molar-refractivity contribution < 1.29 is 23.5 Å². The van der Waals surface area contributed by atoms with Crippen molar-refractivity contribution in [2.24, 2.45) is 0 Å². The maximum Gasteiger partial charge on any atom is 0.410 e. The van der Waals surface area contributed by atoms with Crippen LogP contribution in [0.3, 0.4) is 0 Å². The highest BCUT2D eigenvalue weighted by Crippen LogP contribution is 2.35. The van der Waals surface area contributed by atoms with Crippen LogP contribution < -0.4 is 10.2 Å². The number of unbranched alkanes of at least 4 members (excludes halogenated alkanes) is 1. The number of rotatable bonds is 7. The molecule has 0 aliphatic carbocycles. The van der Waals surface area contributed by atoms with Crippen LogP contribution in [0.2, 0.25) is 0 Å². The number of ether oxygens (including phenoxy) is 2. The van der Waals surface area contributed by atoms with Crippen LogP contribution in [0, 0.1) is 0 Å². The lowest BCUT2D eigenvalue weighted by Gasteiger charge is -2.33. The molecule has 2 aliphatic rings. The molecule has 214 valence electrons. The Bertz CT molecular complexity index is 1550. The van der Waals surface area contributed by atoms with Gasteiger partial charge in [-0.2, -0.15) is 0 Å². The van der Waals surface area contributed by atoms with E-state index in [-0.39, 0.29) is 5.91 Å². The number of piperidine rings is 1. The van der Waals surface area contributed by atoms with Crippen molar-refractivity contribution in [1.82, 2.24) is 19.9 Å². The molecular weight excluding hydrogens is 524 g/mol. The number of morpholine rings is 1. The number of hydrogen-bond acceptors (Lipinski definition) is 9. The minimum absolute atomic E-state index is 0.230. The van der Waals surface area contributed by atoms with Crippen LogP contribution in [0.4, 0.5) is 16.3 Å². The molecule has 2 amide bonds. The van der Waals surface area contributed by atoms with Crippen LogP contribution in [0.25, 0.3) is 33.6 Å². The molecule has 5 heterocycles. The van der Waals surface area contributed by atoms with Crippen molar-refractivity contribution in [3.05, 3.63) is 42.6 Å². The average Bonchev–Trinajstić information content (AvgIpc) is 3.40. The number of likely N-dealkylation sites (tertiary alicyclic amines) is 1. The molecule has 0 radical (unpaired) electrons. The van der Waals surface area contributed by atoms with Crippen molar-refractivity contribution in [2.45, 2.75) is 45.1 Å². The highest BCUT2D eigenvalue weighted by atomic mass is 16.6. The highest BCUT2D eigenvalue weighted by molar-refractivity contribution is 6.05. The molecule has 3 aromatic heterocycles. The molecule has 1 aromatic carbocycles. The van der Waals surface area contributed by atoms with E-state index in [1.165, 1.54) is 0 Å². The predicted molar refractivity (Wildman–Crippen MR) is 155 cm³/mol. The van der Waals surface area contributed by atoms with Gasteiger partial charge in [0.15, 0.2) is 17.2 Å². The summed E-state index contributed by atoms with van der Waals surface area (Å²) in [6, 6.07) is 10.7. The third kappa shape index (κ3) is 5.67. The maximum absolute atomic E-state index is 13.4. The number of carbonyl (C=O) groups excluding carboxylic acids is 2. The number of furan rings is 1. The molecule has 11 heteroatoms. The third-order valence-corrected chi connectivity index (χ3v) is 7.54. The van der Waals surface area contributed by atoms with E-state index in [2.05, 4.69) is 15.2 Å². The minimum Gasteiger partial charge on any atom is -0.449 e. The first-order chi connectivity index (χ1) is 20.1. The van der Waals surface area contributed by atoms with Crippen molar-refractivity contribution in [1.29, 1.82) is 0 Å². The second kappa shape index (κ2) is 12.1. The Morgan fingerprint density at radius 3 is 2.83 bits per heavy atom. The van der Waals surface area contributed by atoms with Gasteiger partial charge in [-0.05, 0) is 49.9 Å². The number of anilines is 2. The lowest BCUT2D eigenvalue weighted by Crippen LogP contribution is -2.50. The van der Waals surface area contributed by atoms with Gasteiger partial charge in [-0.15, -0.1) is 0 Å². The molecule has 0 bridgehead atoms. The molecule has 41 heavy (non-hydrogen) atoms. The maximum atomic E-state index is 13.4. The Morgan fingerprint density at radius 1 is 1.10 bits per heavy atom. The van der Waals surface area contributed by atoms with Gasteiger partial charge in [0, 0.05) is 37.1 Å². The van der Waals surface area contributed by atoms with Crippen molar-refractivity contribution in [2.75, 3.05) is 49.7 Å². The van der Waals surface area contributed by atoms with Crippen LogP contribution in [0.1, 0.15) is 39.0 Å². The Kier molecular flexibility index (Phi) is 7.95. The predicted octanol–water partition coefficient (Wildman–Crippen LogP) is 5.00. The summed E-state index contributed by atoms with van der Waals surface area (Å²) in [7, 11) is 0. The fourth-order valence-corrected chi connectivity index (χ4v) is 5.35. The first-order valence-corrected chi connectivity index (χ1v) is 14.3. The second-order valence-corrected chi connectivity index (χ2v) is 10.3. The zero-order chi connectivity index (χ0) is 28.2. The average molecular weight is 559 g/mol. The van der Waals surface area contributed by atoms with Crippen LogP contribution >= 0.6 is 0 Å². The number of fused-ring (bicyclic) bond motifs is 3. The number of pyridine rings is 1. The lowest BCUT2D eigenvalue weighted by molar-refractivity contribution is -0.121. The smallest absolute Gasteiger partial charge is 0.410 e. The molecular formula is C30H34N6O5. The van der Waals surface area contributed by atoms with Crippen LogP contribution in [0.15, 0.2) is 47.0 Å². The molecule has 1 unspecified atom stereocenters. The summed E-state index contributed by atoms with van der Waals surface area (Å²) in [5.74, 6) is 0.979. The van der Waals surface area contributed by atoms with Gasteiger partial charge in [0.25, 0.3) is 0 Å². The SMILES string of the molecule is CCCCOC(=O)N1CCCCC1C(=O)Nc1cccc(-c2nc(N3CCOCC3)c3oc4ncccc4c3n2)c1. The van der Waals surface area contributed by atoms with Crippen LogP contribution in [-0.2, 0) is 14.3 Å². The highest BCUT2D eigenvalue weighted by Gasteiger charge is 2.33. The summed E-state index contributed by atoms with van der Waals surface area (Å²) in [5, 5.41) is 3.83. The summed E-state index contributed by atoms with van der Waals surface area (Å²) in [6.07, 6.45) is 5.33. The molecule has 1 atom stereocenters. The molecule has 6 rings (SSSR count). The minimum atomic E-state index is -0.577. The van der Waals surface area contributed by atoms with Crippen LogP contribution in [-0.4, -0.2) is 77.3 Å². The molecule has 2 aliphatic heterocycles. The summed E-state index contributed by atoms with van der Waals surface area (Å²) >= 11 is 0. The van der Waals surface area contributed by atoms with E-state index < -0.39 is 12.1 Å². The standard InChI is InChI=1S/C30H34N6O5/c1-2-3-16-40-30(38)36-13-5-4-11-23(36)28(37)32-21-9-6-8-20(19-21)26-33-24-22-10-7-12-31-29(22)41-25(24)27(34-26)35-14-17-39-18-15-35/h6-10,12,19,23H,2-5,11,13-18H2,1H3,(H,32,37). The first kappa shape index (κ1) is 26.9. The van der Waals surface area contributed by atoms with Crippen LogP contribution in [0.5, 0.6) is 0 Å². The number of carbonyl (C=O) groups is 2. The molecule has 1 N–H and O–H groups in total. The molecule has 2 saturated heterocycles. The van der Waals surface area contributed by atoms with Crippen molar-refractivity contribution in [3.63, 3.8) is 0 Å². The third-order valence-electron chi connectivity index (χ3n) is 7.54. The van der Waals surface area contributed by atoms with E-state index in [9.17, 15) is 9.59 Å².